The molecule has 2 rings (SSSR count). The quantitative estimate of drug-likeness (QED) is 0.368. The van der Waals surface area contributed by atoms with Crippen molar-refractivity contribution in [2.75, 3.05) is 0 Å². The minimum Gasteiger partial charge on any atom is -0.204 e. The zero-order valence-corrected chi connectivity index (χ0v) is 7.62. The molecule has 0 aliphatic heterocycles. The molecule has 0 atom stereocenters. The van der Waals surface area contributed by atoms with Crippen molar-refractivity contribution in [3.63, 3.8) is 0 Å². The van der Waals surface area contributed by atoms with E-state index >= 15 is 0 Å². The largest absolute Gasteiger partial charge is 0.204 e. The van der Waals surface area contributed by atoms with Gasteiger partial charge in [0.05, 0.1) is 5.39 Å². The Bertz CT molecular complexity index is 594. The molecule has 0 saturated heterocycles. The van der Waals surface area contributed by atoms with Crippen LogP contribution in [0.4, 0.5) is 22.0 Å². The highest BCUT2D eigenvalue weighted by atomic mass is 19.2. The Labute approximate surface area is 88.1 Å². The van der Waals surface area contributed by atoms with Crippen LogP contribution in [0.2, 0.25) is 0 Å². The molecule has 0 amide bonds. The monoisotopic (exact) mass is 228 g/mol. The van der Waals surface area contributed by atoms with Gasteiger partial charge in [0.1, 0.15) is 7.85 Å². The van der Waals surface area contributed by atoms with Crippen molar-refractivity contribution in [2.24, 2.45) is 0 Å². The van der Waals surface area contributed by atoms with Crippen molar-refractivity contribution >= 4 is 24.1 Å². The Hall–Kier alpha value is -1.59. The van der Waals surface area contributed by atoms with Gasteiger partial charge >= 0.3 is 0 Å². The first-order valence-electron chi connectivity index (χ1n) is 4.14. The highest BCUT2D eigenvalue weighted by molar-refractivity contribution is 6.39. The number of rotatable bonds is 0. The number of hydrogen-bond acceptors (Lipinski definition) is 0. The molecule has 0 nitrogen and oxygen atoms in total. The van der Waals surface area contributed by atoms with E-state index in [0.29, 0.717) is 6.07 Å². The molecule has 0 unspecified atom stereocenters. The van der Waals surface area contributed by atoms with Gasteiger partial charge in [0.15, 0.2) is 29.1 Å². The second kappa shape index (κ2) is 3.47. The van der Waals surface area contributed by atoms with Gasteiger partial charge in [0.2, 0.25) is 0 Å². The van der Waals surface area contributed by atoms with Crippen LogP contribution in [0.15, 0.2) is 12.1 Å². The van der Waals surface area contributed by atoms with E-state index in [1.54, 1.807) is 0 Å². The smallest absolute Gasteiger partial charge is 0.194 e. The third-order valence-corrected chi connectivity index (χ3v) is 2.23. The highest BCUT2D eigenvalue weighted by Crippen LogP contribution is 2.25. The van der Waals surface area contributed by atoms with Crippen LogP contribution in [0.1, 0.15) is 0 Å². The summed E-state index contributed by atoms with van der Waals surface area (Å²) in [5, 5.41) is -1.40. The summed E-state index contributed by atoms with van der Waals surface area (Å²) in [5.74, 6) is -8.29. The van der Waals surface area contributed by atoms with Crippen LogP contribution < -0.4 is 5.46 Å². The lowest BCUT2D eigenvalue weighted by molar-refractivity contribution is 0.451. The Balaban J connectivity index is 3.09. The molecule has 16 heavy (non-hydrogen) atoms. The Kier molecular flexibility index (Phi) is 2.37. The predicted molar refractivity (Wildman–Crippen MR) is 49.1 cm³/mol. The minimum absolute atomic E-state index is 0.407. The van der Waals surface area contributed by atoms with Gasteiger partial charge in [-0.15, -0.1) is 0 Å². The molecule has 2 aromatic rings. The molecule has 0 heterocycles. The molecule has 0 aromatic heterocycles. The number of hydrogen-bond donors (Lipinski definition) is 0. The van der Waals surface area contributed by atoms with Crippen molar-refractivity contribution in [1.82, 2.24) is 0 Å². The molecule has 0 aliphatic rings. The summed E-state index contributed by atoms with van der Waals surface area (Å²) in [6.07, 6.45) is 0. The van der Waals surface area contributed by atoms with Crippen LogP contribution in [0, 0.1) is 29.1 Å². The summed E-state index contributed by atoms with van der Waals surface area (Å²) in [6, 6.07) is 1.54. The average Bonchev–Trinajstić information content (AvgIpc) is 2.27. The fraction of sp³-hybridized carbons (Fsp3) is 0. The topological polar surface area (TPSA) is 0 Å². The molecule has 6 heteroatoms. The van der Waals surface area contributed by atoms with E-state index in [9.17, 15) is 22.0 Å². The van der Waals surface area contributed by atoms with Crippen molar-refractivity contribution in [2.45, 2.75) is 0 Å². The third kappa shape index (κ3) is 1.29. The zero-order valence-electron chi connectivity index (χ0n) is 7.62. The lowest BCUT2D eigenvalue weighted by Crippen LogP contribution is -2.15. The summed E-state index contributed by atoms with van der Waals surface area (Å²) in [7, 11) is 5.14. The van der Waals surface area contributed by atoms with Crippen molar-refractivity contribution < 1.29 is 22.0 Å². The fourth-order valence-electron chi connectivity index (χ4n) is 1.43. The predicted octanol–water partition coefficient (Wildman–Crippen LogP) is 2.33. The van der Waals surface area contributed by atoms with Crippen molar-refractivity contribution in [3.05, 3.63) is 41.2 Å². The molecule has 0 bridgehead atoms. The zero-order chi connectivity index (χ0) is 12.0. The first kappa shape index (κ1) is 10.9. The van der Waals surface area contributed by atoms with Gasteiger partial charge in [-0.3, -0.25) is 0 Å². The Morgan fingerprint density at radius 2 is 1.38 bits per heavy atom. The van der Waals surface area contributed by atoms with Gasteiger partial charge in [-0.05, 0) is 11.5 Å². The van der Waals surface area contributed by atoms with Gasteiger partial charge in [0.25, 0.3) is 0 Å². The first-order valence-corrected chi connectivity index (χ1v) is 4.14. The van der Waals surface area contributed by atoms with Gasteiger partial charge < -0.3 is 0 Å². The van der Waals surface area contributed by atoms with Gasteiger partial charge in [0, 0.05) is 0 Å². The molecule has 0 saturated carbocycles. The van der Waals surface area contributed by atoms with E-state index < -0.39 is 45.3 Å². The van der Waals surface area contributed by atoms with E-state index in [-0.39, 0.29) is 0 Å². The molecule has 2 aromatic carbocycles. The number of fused-ring (bicyclic) bond motifs is 1. The molecular formula is C10H2BF5. The molecule has 2 radical (unpaired) electrons. The maximum absolute atomic E-state index is 13.2. The summed E-state index contributed by atoms with van der Waals surface area (Å²) in [4.78, 5) is 0. The van der Waals surface area contributed by atoms with Crippen molar-refractivity contribution in [1.29, 1.82) is 0 Å². The molecule has 80 valence electrons. The van der Waals surface area contributed by atoms with Gasteiger partial charge in [-0.2, -0.15) is 0 Å². The van der Waals surface area contributed by atoms with Crippen molar-refractivity contribution in [3.8, 4) is 0 Å². The summed E-state index contributed by atoms with van der Waals surface area (Å²) in [5.41, 5.74) is -0.757. The lowest BCUT2D eigenvalue weighted by atomic mass is 9.88. The number of benzene rings is 2. The standard InChI is InChI=1S/C10H2BF5/c11-6-3-1-2-4(12)7(13)5(3)8(14)10(16)9(6)15/h1-2H. The molecule has 0 fully saturated rings. The average molecular weight is 228 g/mol. The van der Waals surface area contributed by atoms with Crippen LogP contribution >= 0.6 is 0 Å². The summed E-state index contributed by atoms with van der Waals surface area (Å²) in [6.45, 7) is 0. The number of halogens is 5. The molecule has 0 spiro atoms. The second-order valence-electron chi connectivity index (χ2n) is 3.14. The third-order valence-electron chi connectivity index (χ3n) is 2.23. The maximum Gasteiger partial charge on any atom is 0.194 e. The van der Waals surface area contributed by atoms with E-state index in [1.807, 2.05) is 0 Å². The van der Waals surface area contributed by atoms with E-state index in [0.717, 1.165) is 6.07 Å². The van der Waals surface area contributed by atoms with Crippen LogP contribution in [0.3, 0.4) is 0 Å². The lowest BCUT2D eigenvalue weighted by Gasteiger charge is -2.08. The van der Waals surface area contributed by atoms with Gasteiger partial charge in [-0.25, -0.2) is 22.0 Å². The fourth-order valence-corrected chi connectivity index (χ4v) is 1.43. The van der Waals surface area contributed by atoms with Crippen LogP contribution in [0.5, 0.6) is 0 Å². The van der Waals surface area contributed by atoms with Crippen LogP contribution in [-0.4, -0.2) is 7.85 Å². The second-order valence-corrected chi connectivity index (χ2v) is 3.14. The van der Waals surface area contributed by atoms with Crippen LogP contribution in [-0.2, 0) is 0 Å². The Morgan fingerprint density at radius 3 is 2.00 bits per heavy atom. The maximum atomic E-state index is 13.2. The summed E-state index contributed by atoms with van der Waals surface area (Å²) < 4.78 is 65.1. The normalized spacial score (nSPS) is 11.1. The van der Waals surface area contributed by atoms with E-state index in [1.165, 1.54) is 0 Å². The Morgan fingerprint density at radius 1 is 0.750 bits per heavy atom. The van der Waals surface area contributed by atoms with Gasteiger partial charge in [-0.1, -0.05) is 11.5 Å². The molecular weight excluding hydrogens is 226 g/mol. The molecule has 0 aliphatic carbocycles. The summed E-state index contributed by atoms with van der Waals surface area (Å²) >= 11 is 0. The SMILES string of the molecule is [B]c1c(F)c(F)c(F)c2c(F)c(F)ccc12. The van der Waals surface area contributed by atoms with Crippen LogP contribution in [0.25, 0.3) is 10.8 Å². The van der Waals surface area contributed by atoms with E-state index in [4.69, 9.17) is 7.85 Å². The molecule has 0 N–H and O–H groups in total. The van der Waals surface area contributed by atoms with E-state index in [2.05, 4.69) is 0 Å². The minimum atomic E-state index is -1.92. The highest BCUT2D eigenvalue weighted by Gasteiger charge is 2.21. The first-order chi connectivity index (χ1) is 7.45.